The average molecular weight is 288 g/mol. The number of hydrogen-bond acceptors (Lipinski definition) is 4. The highest BCUT2D eigenvalue weighted by Crippen LogP contribution is 2.34. The monoisotopic (exact) mass is 287 g/mol. The summed E-state index contributed by atoms with van der Waals surface area (Å²) in [5, 5.41) is 12.8. The molecule has 0 spiro atoms. The Hall–Kier alpha value is -2.38. The van der Waals surface area contributed by atoms with Crippen LogP contribution in [0.5, 0.6) is 5.75 Å². The summed E-state index contributed by atoms with van der Waals surface area (Å²) in [5.41, 5.74) is 9.11. The first-order chi connectivity index (χ1) is 9.56. The zero-order valence-electron chi connectivity index (χ0n) is 11.2. The summed E-state index contributed by atoms with van der Waals surface area (Å²) < 4.78 is 5.28. The molecule has 102 valence electrons. The van der Waals surface area contributed by atoms with Crippen molar-refractivity contribution in [3.05, 3.63) is 46.5 Å². The van der Waals surface area contributed by atoms with Crippen molar-refractivity contribution >= 4 is 28.7 Å². The van der Waals surface area contributed by atoms with E-state index >= 15 is 0 Å². The van der Waals surface area contributed by atoms with Gasteiger partial charge in [-0.3, -0.25) is 0 Å². The van der Waals surface area contributed by atoms with Gasteiger partial charge in [-0.25, -0.2) is 0 Å². The molecule has 0 saturated carbocycles. The summed E-state index contributed by atoms with van der Waals surface area (Å²) in [6.45, 7) is 1.91. The number of halogens is 1. The largest absolute Gasteiger partial charge is 0.495 e. The molecular formula is C15H14ClN3O. The standard InChI is InChI=1S/C15H14ClN3O/c1-9-6-12(18)11(16)7-13(9)19-15-10(8-17)4-3-5-14(15)20-2/h3-7,19H,18H2,1-2H3. The minimum atomic E-state index is 0.464. The van der Waals surface area contributed by atoms with Gasteiger partial charge in [-0.15, -0.1) is 0 Å². The molecule has 0 heterocycles. The van der Waals surface area contributed by atoms with E-state index in [1.807, 2.05) is 6.92 Å². The Morgan fingerprint density at radius 2 is 2.10 bits per heavy atom. The van der Waals surface area contributed by atoms with Crippen molar-refractivity contribution in [2.75, 3.05) is 18.2 Å². The van der Waals surface area contributed by atoms with Gasteiger partial charge in [0.05, 0.1) is 29.1 Å². The summed E-state index contributed by atoms with van der Waals surface area (Å²) in [6.07, 6.45) is 0. The molecule has 0 atom stereocenters. The van der Waals surface area contributed by atoms with Gasteiger partial charge in [0, 0.05) is 5.69 Å². The fourth-order valence-corrected chi connectivity index (χ4v) is 2.06. The van der Waals surface area contributed by atoms with E-state index in [0.717, 1.165) is 11.3 Å². The summed E-state index contributed by atoms with van der Waals surface area (Å²) >= 11 is 6.04. The molecule has 2 aromatic rings. The number of ether oxygens (including phenoxy) is 1. The normalized spacial score (nSPS) is 9.90. The molecule has 2 aromatic carbocycles. The van der Waals surface area contributed by atoms with E-state index in [1.165, 1.54) is 0 Å². The first-order valence-corrected chi connectivity index (χ1v) is 6.34. The minimum absolute atomic E-state index is 0.464. The Bertz CT molecular complexity index is 692. The molecule has 0 amide bonds. The third-order valence-electron chi connectivity index (χ3n) is 2.97. The van der Waals surface area contributed by atoms with Crippen molar-refractivity contribution < 1.29 is 4.74 Å². The molecule has 0 unspecified atom stereocenters. The highest BCUT2D eigenvalue weighted by Gasteiger charge is 2.11. The van der Waals surface area contributed by atoms with Crippen molar-refractivity contribution in [3.63, 3.8) is 0 Å². The van der Waals surface area contributed by atoms with Crippen LogP contribution in [0, 0.1) is 18.3 Å². The zero-order valence-corrected chi connectivity index (χ0v) is 12.0. The number of nitriles is 1. The van der Waals surface area contributed by atoms with E-state index in [1.54, 1.807) is 37.4 Å². The van der Waals surface area contributed by atoms with E-state index in [4.69, 9.17) is 22.1 Å². The predicted molar refractivity (Wildman–Crippen MR) is 81.6 cm³/mol. The molecule has 0 radical (unpaired) electrons. The second-order valence-corrected chi connectivity index (χ2v) is 4.72. The van der Waals surface area contributed by atoms with E-state index in [0.29, 0.717) is 27.7 Å². The lowest BCUT2D eigenvalue weighted by atomic mass is 10.1. The Morgan fingerprint density at radius 1 is 1.35 bits per heavy atom. The number of anilines is 3. The number of nitrogens with one attached hydrogen (secondary N) is 1. The number of rotatable bonds is 3. The van der Waals surface area contributed by atoms with Gasteiger partial charge in [0.1, 0.15) is 11.8 Å². The zero-order chi connectivity index (χ0) is 14.7. The Labute approximate surface area is 122 Å². The number of benzene rings is 2. The van der Waals surface area contributed by atoms with Gasteiger partial charge in [-0.2, -0.15) is 5.26 Å². The van der Waals surface area contributed by atoms with Crippen LogP contribution >= 0.6 is 11.6 Å². The lowest BCUT2D eigenvalue weighted by molar-refractivity contribution is 0.416. The highest BCUT2D eigenvalue weighted by molar-refractivity contribution is 6.33. The van der Waals surface area contributed by atoms with E-state index in [-0.39, 0.29) is 0 Å². The van der Waals surface area contributed by atoms with Crippen molar-refractivity contribution in [1.29, 1.82) is 5.26 Å². The molecule has 20 heavy (non-hydrogen) atoms. The molecule has 0 aliphatic carbocycles. The molecule has 5 heteroatoms. The first-order valence-electron chi connectivity index (χ1n) is 5.96. The van der Waals surface area contributed by atoms with E-state index < -0.39 is 0 Å². The second kappa shape index (κ2) is 5.72. The summed E-state index contributed by atoms with van der Waals surface area (Å²) in [4.78, 5) is 0. The van der Waals surface area contributed by atoms with Gasteiger partial charge in [0.2, 0.25) is 0 Å². The molecule has 0 aliphatic rings. The Balaban J connectivity index is 2.50. The number of nitrogens with zero attached hydrogens (tertiary/aromatic N) is 1. The van der Waals surface area contributed by atoms with Crippen molar-refractivity contribution in [2.45, 2.75) is 6.92 Å². The Morgan fingerprint density at radius 3 is 2.75 bits per heavy atom. The number of methoxy groups -OCH3 is 1. The molecule has 0 aliphatic heterocycles. The molecule has 0 aromatic heterocycles. The van der Waals surface area contributed by atoms with Gasteiger partial charge in [0.15, 0.2) is 0 Å². The predicted octanol–water partition coefficient (Wildman–Crippen LogP) is 3.85. The fraction of sp³-hybridized carbons (Fsp3) is 0.133. The van der Waals surface area contributed by atoms with Gasteiger partial charge < -0.3 is 15.8 Å². The number of hydrogen-bond donors (Lipinski definition) is 2. The van der Waals surface area contributed by atoms with Gasteiger partial charge >= 0.3 is 0 Å². The van der Waals surface area contributed by atoms with Crippen LogP contribution in [0.15, 0.2) is 30.3 Å². The van der Waals surface area contributed by atoms with Crippen molar-refractivity contribution in [2.24, 2.45) is 0 Å². The van der Waals surface area contributed by atoms with Gasteiger partial charge in [-0.1, -0.05) is 17.7 Å². The lowest BCUT2D eigenvalue weighted by Crippen LogP contribution is -2.00. The molecule has 0 saturated heterocycles. The molecule has 3 N–H and O–H groups in total. The molecule has 0 bridgehead atoms. The topological polar surface area (TPSA) is 71.1 Å². The van der Waals surface area contributed by atoms with Crippen LogP contribution in [-0.2, 0) is 0 Å². The smallest absolute Gasteiger partial charge is 0.143 e. The maximum absolute atomic E-state index is 9.19. The van der Waals surface area contributed by atoms with Crippen LogP contribution in [0.1, 0.15) is 11.1 Å². The molecular weight excluding hydrogens is 274 g/mol. The lowest BCUT2D eigenvalue weighted by Gasteiger charge is -2.15. The number of nitrogens with two attached hydrogens (primary N) is 1. The van der Waals surface area contributed by atoms with Crippen molar-refractivity contribution in [1.82, 2.24) is 0 Å². The maximum atomic E-state index is 9.19. The van der Waals surface area contributed by atoms with Crippen LogP contribution in [0.3, 0.4) is 0 Å². The van der Waals surface area contributed by atoms with Crippen LogP contribution < -0.4 is 15.8 Å². The minimum Gasteiger partial charge on any atom is -0.495 e. The van der Waals surface area contributed by atoms with Crippen molar-refractivity contribution in [3.8, 4) is 11.8 Å². The fourth-order valence-electron chi connectivity index (χ4n) is 1.90. The van der Waals surface area contributed by atoms with E-state index in [2.05, 4.69) is 11.4 Å². The van der Waals surface area contributed by atoms with Crippen LogP contribution in [-0.4, -0.2) is 7.11 Å². The van der Waals surface area contributed by atoms with Gasteiger partial charge in [0.25, 0.3) is 0 Å². The van der Waals surface area contributed by atoms with Gasteiger partial charge in [-0.05, 0) is 36.8 Å². The number of para-hydroxylation sites is 1. The SMILES string of the molecule is COc1cccc(C#N)c1Nc1cc(Cl)c(N)cc1C. The van der Waals surface area contributed by atoms with E-state index in [9.17, 15) is 5.26 Å². The third kappa shape index (κ3) is 2.63. The van der Waals surface area contributed by atoms with Crippen LogP contribution in [0.2, 0.25) is 5.02 Å². The Kier molecular flexibility index (Phi) is 4.02. The summed E-state index contributed by atoms with van der Waals surface area (Å²) in [5.74, 6) is 0.594. The molecule has 0 fully saturated rings. The number of aryl methyl sites for hydroxylation is 1. The van der Waals surface area contributed by atoms with Crippen LogP contribution in [0.4, 0.5) is 17.1 Å². The quantitative estimate of drug-likeness (QED) is 0.841. The maximum Gasteiger partial charge on any atom is 0.143 e. The summed E-state index contributed by atoms with van der Waals surface area (Å²) in [6, 6.07) is 10.9. The third-order valence-corrected chi connectivity index (χ3v) is 3.30. The number of nitrogen functional groups attached to an aromatic ring is 1. The average Bonchev–Trinajstić information content (AvgIpc) is 2.44. The highest BCUT2D eigenvalue weighted by atomic mass is 35.5. The van der Waals surface area contributed by atoms with Crippen LogP contribution in [0.25, 0.3) is 0 Å². The molecule has 2 rings (SSSR count). The second-order valence-electron chi connectivity index (χ2n) is 4.31. The molecule has 4 nitrogen and oxygen atoms in total. The summed E-state index contributed by atoms with van der Waals surface area (Å²) in [7, 11) is 1.56. The first kappa shape index (κ1) is 14.0.